The third-order valence-corrected chi connectivity index (χ3v) is 7.84. The molecule has 1 N–H and O–H groups in total. The Kier molecular flexibility index (Phi) is 7.04. The molecule has 12 heteroatoms. The molecule has 1 fully saturated rings. The zero-order valence-corrected chi connectivity index (χ0v) is 20.9. The molecule has 0 atom stereocenters. The highest BCUT2D eigenvalue weighted by atomic mass is 32.2. The summed E-state index contributed by atoms with van der Waals surface area (Å²) < 4.78 is 57.2. The Balaban J connectivity index is 1.60. The highest BCUT2D eigenvalue weighted by Gasteiger charge is 2.23. The van der Waals surface area contributed by atoms with Gasteiger partial charge in [0.2, 0.25) is 10.0 Å². The second kappa shape index (κ2) is 9.86. The van der Waals surface area contributed by atoms with Crippen LogP contribution in [0.1, 0.15) is 27.7 Å². The number of anilines is 2. The van der Waals surface area contributed by atoms with Crippen LogP contribution in [-0.2, 0) is 10.0 Å². The number of sulfonamides is 1. The van der Waals surface area contributed by atoms with Crippen LogP contribution in [0, 0.1) is 11.6 Å². The standard InChI is InChI=1S/C23H29F2N7O2S/c1-15(2)30-7-9-31(10-8-30)18-11-17(12-26-13-18)21-14-32(29-27-21)23-19(24)5-6-20(22(23)25)28-35(33,34)16(3)4/h5-6,11-16,28H,7-10H2,1-4H3. The van der Waals surface area contributed by atoms with E-state index in [-0.39, 0.29) is 5.69 Å². The van der Waals surface area contributed by atoms with Crippen LogP contribution in [0.4, 0.5) is 20.2 Å². The molecule has 188 valence electrons. The van der Waals surface area contributed by atoms with E-state index in [2.05, 4.69) is 43.7 Å². The Bertz CT molecular complexity index is 1300. The molecule has 1 saturated heterocycles. The van der Waals surface area contributed by atoms with E-state index in [1.165, 1.54) is 20.0 Å². The molecule has 0 amide bonds. The lowest BCUT2D eigenvalue weighted by molar-refractivity contribution is 0.209. The molecule has 0 bridgehead atoms. The van der Waals surface area contributed by atoms with Gasteiger partial charge in [0, 0.05) is 44.0 Å². The summed E-state index contributed by atoms with van der Waals surface area (Å²) in [4.78, 5) is 8.98. The maximum Gasteiger partial charge on any atom is 0.235 e. The fourth-order valence-electron chi connectivity index (χ4n) is 3.84. The molecule has 0 aliphatic carbocycles. The molecule has 0 unspecified atom stereocenters. The molecule has 3 heterocycles. The number of halogens is 2. The van der Waals surface area contributed by atoms with E-state index < -0.39 is 32.6 Å². The minimum absolute atomic E-state index is 0.364. The fraction of sp³-hybridized carbons (Fsp3) is 0.435. The highest BCUT2D eigenvalue weighted by molar-refractivity contribution is 7.93. The van der Waals surface area contributed by atoms with Crippen molar-refractivity contribution in [2.75, 3.05) is 35.8 Å². The van der Waals surface area contributed by atoms with Gasteiger partial charge in [0.15, 0.2) is 11.6 Å². The van der Waals surface area contributed by atoms with Crippen molar-refractivity contribution in [1.82, 2.24) is 24.9 Å². The zero-order chi connectivity index (χ0) is 25.3. The van der Waals surface area contributed by atoms with Gasteiger partial charge in [0.05, 0.1) is 29.0 Å². The molecular weight excluding hydrogens is 476 g/mol. The first-order valence-electron chi connectivity index (χ1n) is 11.4. The molecule has 2 aromatic heterocycles. The molecule has 35 heavy (non-hydrogen) atoms. The average molecular weight is 506 g/mol. The largest absolute Gasteiger partial charge is 0.368 e. The average Bonchev–Trinajstić information content (AvgIpc) is 3.31. The fourth-order valence-corrected chi connectivity index (χ4v) is 4.54. The summed E-state index contributed by atoms with van der Waals surface area (Å²) in [6.07, 6.45) is 4.78. The number of hydrogen-bond acceptors (Lipinski definition) is 7. The van der Waals surface area contributed by atoms with Crippen molar-refractivity contribution in [2.45, 2.75) is 39.0 Å². The van der Waals surface area contributed by atoms with Crippen LogP contribution < -0.4 is 9.62 Å². The first-order chi connectivity index (χ1) is 16.6. The molecular formula is C23H29F2N7O2S. The van der Waals surface area contributed by atoms with Gasteiger partial charge >= 0.3 is 0 Å². The van der Waals surface area contributed by atoms with Crippen molar-refractivity contribution in [1.29, 1.82) is 0 Å². The first-order valence-corrected chi connectivity index (χ1v) is 13.0. The van der Waals surface area contributed by atoms with Crippen molar-refractivity contribution >= 4 is 21.4 Å². The van der Waals surface area contributed by atoms with Crippen LogP contribution in [0.25, 0.3) is 16.9 Å². The molecule has 4 rings (SSSR count). The minimum Gasteiger partial charge on any atom is -0.368 e. The van der Waals surface area contributed by atoms with Crippen molar-refractivity contribution in [3.63, 3.8) is 0 Å². The maximum absolute atomic E-state index is 15.1. The summed E-state index contributed by atoms with van der Waals surface area (Å²) in [5.41, 5.74) is 1.07. The van der Waals surface area contributed by atoms with Crippen LogP contribution in [0.2, 0.25) is 0 Å². The molecule has 0 saturated carbocycles. The van der Waals surface area contributed by atoms with Gasteiger partial charge in [0.1, 0.15) is 11.4 Å². The number of benzene rings is 1. The maximum atomic E-state index is 15.1. The van der Waals surface area contributed by atoms with E-state index in [0.717, 1.165) is 48.7 Å². The second-order valence-corrected chi connectivity index (χ2v) is 11.3. The lowest BCUT2D eigenvalue weighted by Gasteiger charge is -2.38. The zero-order valence-electron chi connectivity index (χ0n) is 20.1. The second-order valence-electron chi connectivity index (χ2n) is 9.05. The normalized spacial score (nSPS) is 15.3. The summed E-state index contributed by atoms with van der Waals surface area (Å²) in [6.45, 7) is 10.9. The Hall–Kier alpha value is -3.12. The number of hydrogen-bond donors (Lipinski definition) is 1. The van der Waals surface area contributed by atoms with E-state index in [0.29, 0.717) is 17.3 Å². The Morgan fingerprint density at radius 2 is 1.74 bits per heavy atom. The van der Waals surface area contributed by atoms with Crippen molar-refractivity contribution in [2.24, 2.45) is 0 Å². The number of pyridine rings is 1. The van der Waals surface area contributed by atoms with Crippen molar-refractivity contribution in [3.8, 4) is 16.9 Å². The van der Waals surface area contributed by atoms with Crippen molar-refractivity contribution in [3.05, 3.63) is 48.4 Å². The number of aromatic nitrogens is 4. The van der Waals surface area contributed by atoms with Gasteiger partial charge in [-0.2, -0.15) is 0 Å². The van der Waals surface area contributed by atoms with Gasteiger partial charge in [-0.3, -0.25) is 14.6 Å². The summed E-state index contributed by atoms with van der Waals surface area (Å²) in [7, 11) is -3.82. The predicted octanol–water partition coefficient (Wildman–Crippen LogP) is 3.29. The van der Waals surface area contributed by atoms with E-state index >= 15 is 4.39 Å². The molecule has 1 aliphatic rings. The molecule has 3 aromatic rings. The van der Waals surface area contributed by atoms with E-state index in [1.807, 2.05) is 6.07 Å². The summed E-state index contributed by atoms with van der Waals surface area (Å²) in [5.74, 6) is -1.98. The third-order valence-electron chi connectivity index (χ3n) is 6.09. The first kappa shape index (κ1) is 25.0. The highest BCUT2D eigenvalue weighted by Crippen LogP contribution is 2.28. The smallest absolute Gasteiger partial charge is 0.235 e. The molecule has 9 nitrogen and oxygen atoms in total. The van der Waals surface area contributed by atoms with Crippen LogP contribution in [0.15, 0.2) is 36.8 Å². The van der Waals surface area contributed by atoms with Crippen LogP contribution in [0.3, 0.4) is 0 Å². The van der Waals surface area contributed by atoms with E-state index in [4.69, 9.17) is 0 Å². The monoisotopic (exact) mass is 505 g/mol. The number of piperazine rings is 1. The summed E-state index contributed by atoms with van der Waals surface area (Å²) >= 11 is 0. The number of nitrogens with zero attached hydrogens (tertiary/aromatic N) is 6. The van der Waals surface area contributed by atoms with Gasteiger partial charge in [-0.25, -0.2) is 21.9 Å². The Morgan fingerprint density at radius 1 is 1.03 bits per heavy atom. The third kappa shape index (κ3) is 5.27. The summed E-state index contributed by atoms with van der Waals surface area (Å²) in [6, 6.07) is 4.44. The molecule has 1 aliphatic heterocycles. The minimum atomic E-state index is -3.82. The molecule has 0 spiro atoms. The van der Waals surface area contributed by atoms with Crippen molar-refractivity contribution < 1.29 is 17.2 Å². The Morgan fingerprint density at radius 3 is 2.40 bits per heavy atom. The van der Waals surface area contributed by atoms with Crippen LogP contribution >= 0.6 is 0 Å². The van der Waals surface area contributed by atoms with Gasteiger partial charge in [-0.1, -0.05) is 5.21 Å². The lowest BCUT2D eigenvalue weighted by Crippen LogP contribution is -2.48. The van der Waals surface area contributed by atoms with Crippen LogP contribution in [0.5, 0.6) is 0 Å². The predicted molar refractivity (Wildman–Crippen MR) is 131 cm³/mol. The van der Waals surface area contributed by atoms with E-state index in [9.17, 15) is 12.8 Å². The van der Waals surface area contributed by atoms with E-state index in [1.54, 1.807) is 12.4 Å². The topological polar surface area (TPSA) is 96.2 Å². The van der Waals surface area contributed by atoms with Crippen LogP contribution in [-0.4, -0.2) is 70.8 Å². The Labute approximate surface area is 203 Å². The van der Waals surface area contributed by atoms with Gasteiger partial charge < -0.3 is 4.90 Å². The number of rotatable bonds is 7. The molecule has 0 radical (unpaired) electrons. The van der Waals surface area contributed by atoms with Gasteiger partial charge in [0.25, 0.3) is 0 Å². The molecule has 1 aromatic carbocycles. The number of nitrogens with one attached hydrogen (secondary N) is 1. The van der Waals surface area contributed by atoms with Gasteiger partial charge in [-0.05, 0) is 45.9 Å². The SMILES string of the molecule is CC(C)N1CCN(c2cncc(-c3cn(-c4c(F)ccc(NS(=O)(=O)C(C)C)c4F)nn3)c2)CC1. The summed E-state index contributed by atoms with van der Waals surface area (Å²) in [5, 5.41) is 7.17. The van der Waals surface area contributed by atoms with Gasteiger partial charge in [-0.15, -0.1) is 5.10 Å². The quantitative estimate of drug-likeness (QED) is 0.526. The lowest BCUT2D eigenvalue weighted by atomic mass is 10.2.